The van der Waals surface area contributed by atoms with Gasteiger partial charge in [-0.05, 0) is 54.4 Å². The second-order valence-corrected chi connectivity index (χ2v) is 7.45. The second-order valence-electron chi connectivity index (χ2n) is 7.45. The highest BCUT2D eigenvalue weighted by molar-refractivity contribution is 6.10. The summed E-state index contributed by atoms with van der Waals surface area (Å²) in [6.07, 6.45) is 7.13. The van der Waals surface area contributed by atoms with Crippen molar-refractivity contribution in [2.45, 2.75) is 19.9 Å². The molecule has 0 spiro atoms. The third-order valence-electron chi connectivity index (χ3n) is 5.45. The Morgan fingerprint density at radius 1 is 1.10 bits per heavy atom. The number of fused-ring (bicyclic) bond motifs is 2. The number of pyridine rings is 1. The van der Waals surface area contributed by atoms with E-state index in [9.17, 15) is 9.59 Å². The third kappa shape index (κ3) is 2.86. The first-order chi connectivity index (χ1) is 14.5. The molecule has 1 atom stereocenters. The Morgan fingerprint density at radius 3 is 2.70 bits per heavy atom. The monoisotopic (exact) mass is 400 g/mol. The number of aromatic nitrogens is 2. The summed E-state index contributed by atoms with van der Waals surface area (Å²) in [5.41, 5.74) is 4.20. The number of imidazole rings is 1. The molecule has 0 N–H and O–H groups in total. The highest BCUT2D eigenvalue weighted by Crippen LogP contribution is 2.39. The van der Waals surface area contributed by atoms with Crippen LogP contribution in [0.2, 0.25) is 0 Å². The number of rotatable bonds is 2. The van der Waals surface area contributed by atoms with Crippen molar-refractivity contribution in [1.29, 1.82) is 0 Å². The lowest BCUT2D eigenvalue weighted by molar-refractivity contribution is -0.117. The summed E-state index contributed by atoms with van der Waals surface area (Å²) in [7, 11) is 0. The van der Waals surface area contributed by atoms with Crippen molar-refractivity contribution < 1.29 is 14.0 Å². The van der Waals surface area contributed by atoms with Gasteiger partial charge in [0.1, 0.15) is 5.65 Å². The van der Waals surface area contributed by atoms with Crippen molar-refractivity contribution in [2.75, 3.05) is 16.3 Å². The molecule has 0 unspecified atom stereocenters. The number of carbonyl (C=O) groups excluding carboxylic acids is 2. The van der Waals surface area contributed by atoms with Crippen molar-refractivity contribution in [3.63, 3.8) is 0 Å². The van der Waals surface area contributed by atoms with Crippen LogP contribution in [0.5, 0.6) is 0 Å². The molecule has 0 radical (unpaired) electrons. The lowest BCUT2D eigenvalue weighted by atomic mass is 10.0. The molecule has 1 aliphatic rings. The smallest absolute Gasteiger partial charge is 0.294 e. The van der Waals surface area contributed by atoms with Gasteiger partial charge in [-0.3, -0.25) is 9.59 Å². The molecule has 30 heavy (non-hydrogen) atoms. The van der Waals surface area contributed by atoms with Gasteiger partial charge in [-0.1, -0.05) is 6.07 Å². The van der Waals surface area contributed by atoms with Crippen LogP contribution in [0.3, 0.4) is 0 Å². The molecule has 5 rings (SSSR count). The molecule has 150 valence electrons. The second kappa shape index (κ2) is 6.88. The number of furan rings is 1. The first kappa shape index (κ1) is 18.2. The van der Waals surface area contributed by atoms with Gasteiger partial charge in [-0.25, -0.2) is 4.98 Å². The largest absolute Gasteiger partial charge is 0.459 e. The molecule has 0 saturated carbocycles. The van der Waals surface area contributed by atoms with Gasteiger partial charge in [0.15, 0.2) is 5.76 Å². The Balaban J connectivity index is 1.65. The summed E-state index contributed by atoms with van der Waals surface area (Å²) in [6, 6.07) is 13.0. The Morgan fingerprint density at radius 2 is 1.93 bits per heavy atom. The molecule has 7 nitrogen and oxygen atoms in total. The Kier molecular flexibility index (Phi) is 4.17. The molecule has 2 amide bonds. The van der Waals surface area contributed by atoms with E-state index in [0.717, 1.165) is 16.8 Å². The van der Waals surface area contributed by atoms with Gasteiger partial charge in [0.25, 0.3) is 5.91 Å². The Labute approximate surface area is 173 Å². The highest BCUT2D eigenvalue weighted by atomic mass is 16.3. The molecule has 0 fully saturated rings. The topological polar surface area (TPSA) is 71.1 Å². The quantitative estimate of drug-likeness (QED) is 0.510. The van der Waals surface area contributed by atoms with Crippen LogP contribution in [-0.4, -0.2) is 33.8 Å². The van der Waals surface area contributed by atoms with E-state index in [-0.39, 0.29) is 23.6 Å². The maximum Gasteiger partial charge on any atom is 0.294 e. The fourth-order valence-electron chi connectivity index (χ4n) is 4.10. The molecule has 0 saturated heterocycles. The van der Waals surface area contributed by atoms with E-state index in [1.807, 2.05) is 54.0 Å². The standard InChI is InChI=1S/C23H20N4O3/c1-15-13-26(23(29)21-4-3-11-30-21)20-12-17(5-7-19(20)27(15)16(2)28)18-6-8-22-24-9-10-25(22)14-18/h3-12,14-15H,13H2,1-2H3/t15-/m0/s1. The summed E-state index contributed by atoms with van der Waals surface area (Å²) in [6.45, 7) is 3.87. The van der Waals surface area contributed by atoms with Crippen molar-refractivity contribution in [2.24, 2.45) is 0 Å². The maximum absolute atomic E-state index is 13.1. The van der Waals surface area contributed by atoms with E-state index in [1.54, 1.807) is 35.1 Å². The van der Waals surface area contributed by atoms with Crippen LogP contribution in [0.1, 0.15) is 24.4 Å². The zero-order valence-corrected chi connectivity index (χ0v) is 16.6. The van der Waals surface area contributed by atoms with Gasteiger partial charge in [0.05, 0.1) is 23.7 Å². The summed E-state index contributed by atoms with van der Waals surface area (Å²) in [4.78, 5) is 33.2. The molecular weight excluding hydrogens is 380 g/mol. The first-order valence-corrected chi connectivity index (χ1v) is 9.75. The van der Waals surface area contributed by atoms with Crippen LogP contribution in [0.4, 0.5) is 11.4 Å². The highest BCUT2D eigenvalue weighted by Gasteiger charge is 2.35. The van der Waals surface area contributed by atoms with Crippen molar-refractivity contribution in [3.05, 3.63) is 73.1 Å². The van der Waals surface area contributed by atoms with Crippen LogP contribution < -0.4 is 9.80 Å². The predicted octanol–water partition coefficient (Wildman–Crippen LogP) is 4.00. The molecule has 4 aromatic rings. The van der Waals surface area contributed by atoms with Crippen LogP contribution in [0.25, 0.3) is 16.8 Å². The van der Waals surface area contributed by atoms with Gasteiger partial charge in [-0.2, -0.15) is 0 Å². The Bertz CT molecular complexity index is 1260. The third-order valence-corrected chi connectivity index (χ3v) is 5.45. The van der Waals surface area contributed by atoms with Gasteiger partial charge in [-0.15, -0.1) is 0 Å². The Hall–Kier alpha value is -3.87. The van der Waals surface area contributed by atoms with E-state index in [4.69, 9.17) is 4.42 Å². The summed E-state index contributed by atoms with van der Waals surface area (Å²) < 4.78 is 7.29. The average molecular weight is 400 g/mol. The van der Waals surface area contributed by atoms with E-state index >= 15 is 0 Å². The summed E-state index contributed by atoms with van der Waals surface area (Å²) in [5, 5.41) is 0. The fraction of sp³-hybridized carbons (Fsp3) is 0.174. The maximum atomic E-state index is 13.1. The molecule has 3 aromatic heterocycles. The minimum absolute atomic E-state index is 0.0542. The number of hydrogen-bond acceptors (Lipinski definition) is 4. The fourth-order valence-corrected chi connectivity index (χ4v) is 4.10. The van der Waals surface area contributed by atoms with Crippen LogP contribution >= 0.6 is 0 Å². The van der Waals surface area contributed by atoms with E-state index in [0.29, 0.717) is 17.9 Å². The molecular formula is C23H20N4O3. The SMILES string of the molecule is CC(=O)N1c2ccc(-c3ccc4nccn4c3)cc2N(C(=O)c2ccco2)C[C@@H]1C. The number of carbonyl (C=O) groups is 2. The van der Waals surface area contributed by atoms with Crippen LogP contribution in [-0.2, 0) is 4.79 Å². The lowest BCUT2D eigenvalue weighted by Gasteiger charge is -2.40. The molecule has 4 heterocycles. The van der Waals surface area contributed by atoms with Crippen LogP contribution in [0, 0.1) is 0 Å². The predicted molar refractivity (Wildman–Crippen MR) is 114 cm³/mol. The zero-order valence-electron chi connectivity index (χ0n) is 16.6. The molecule has 0 bridgehead atoms. The number of benzene rings is 1. The number of amides is 2. The average Bonchev–Trinajstić information content (AvgIpc) is 3.43. The lowest BCUT2D eigenvalue weighted by Crippen LogP contribution is -2.51. The molecule has 1 aromatic carbocycles. The van der Waals surface area contributed by atoms with Gasteiger partial charge in [0.2, 0.25) is 5.91 Å². The zero-order chi connectivity index (χ0) is 20.8. The van der Waals surface area contributed by atoms with Crippen molar-refractivity contribution in [1.82, 2.24) is 9.38 Å². The number of nitrogens with zero attached hydrogens (tertiary/aromatic N) is 4. The summed E-state index contributed by atoms with van der Waals surface area (Å²) >= 11 is 0. The van der Waals surface area contributed by atoms with E-state index in [1.165, 1.54) is 6.26 Å². The van der Waals surface area contributed by atoms with E-state index < -0.39 is 0 Å². The van der Waals surface area contributed by atoms with Gasteiger partial charge in [0, 0.05) is 32.1 Å². The minimum Gasteiger partial charge on any atom is -0.459 e. The van der Waals surface area contributed by atoms with E-state index in [2.05, 4.69) is 4.98 Å². The minimum atomic E-state index is -0.224. The first-order valence-electron chi connectivity index (χ1n) is 9.75. The molecule has 0 aliphatic carbocycles. The van der Waals surface area contributed by atoms with Gasteiger partial charge >= 0.3 is 0 Å². The van der Waals surface area contributed by atoms with Gasteiger partial charge < -0.3 is 18.6 Å². The normalized spacial score (nSPS) is 16.0. The van der Waals surface area contributed by atoms with Crippen molar-refractivity contribution >= 4 is 28.8 Å². The number of anilines is 2. The number of hydrogen-bond donors (Lipinski definition) is 0. The molecule has 1 aliphatic heterocycles. The van der Waals surface area contributed by atoms with Crippen LogP contribution in [0.15, 0.2) is 71.7 Å². The van der Waals surface area contributed by atoms with Crippen molar-refractivity contribution in [3.8, 4) is 11.1 Å². The summed E-state index contributed by atoms with van der Waals surface area (Å²) in [5.74, 6) is -0.00499. The molecule has 7 heteroatoms.